The minimum atomic E-state index is -0.0408. The minimum Gasteiger partial charge on any atom is -0.493 e. The topological polar surface area (TPSA) is 55.7 Å². The van der Waals surface area contributed by atoms with Gasteiger partial charge in [0.25, 0.3) is 5.91 Å². The Balaban J connectivity index is 1.65. The molecular weight excluding hydrogens is 414 g/mol. The third-order valence-corrected chi connectivity index (χ3v) is 6.35. The van der Waals surface area contributed by atoms with Crippen molar-refractivity contribution < 1.29 is 14.3 Å². The summed E-state index contributed by atoms with van der Waals surface area (Å²) in [5.41, 5.74) is 4.49. The molecule has 174 valence electrons. The predicted octanol–water partition coefficient (Wildman–Crippen LogP) is 4.69. The molecule has 1 fully saturated rings. The number of piperidine rings is 1. The van der Waals surface area contributed by atoms with Gasteiger partial charge >= 0.3 is 0 Å². The summed E-state index contributed by atoms with van der Waals surface area (Å²) >= 11 is 0. The first-order valence-corrected chi connectivity index (χ1v) is 11.6. The second kappa shape index (κ2) is 10.6. The summed E-state index contributed by atoms with van der Waals surface area (Å²) in [5.74, 6) is 1.28. The highest BCUT2D eigenvalue weighted by Crippen LogP contribution is 2.34. The van der Waals surface area contributed by atoms with Crippen LogP contribution in [0, 0.1) is 6.92 Å². The van der Waals surface area contributed by atoms with Crippen LogP contribution in [-0.4, -0.2) is 55.8 Å². The second-order valence-corrected chi connectivity index (χ2v) is 8.43. The minimum absolute atomic E-state index is 0.0408. The van der Waals surface area contributed by atoms with Crippen LogP contribution in [0.1, 0.15) is 35.3 Å². The molecule has 0 atom stereocenters. The average Bonchev–Trinajstić information content (AvgIpc) is 3.21. The molecule has 1 aliphatic heterocycles. The maximum Gasteiger partial charge on any atom is 0.253 e. The molecule has 1 amide bonds. The molecule has 0 saturated carbocycles. The van der Waals surface area contributed by atoms with E-state index in [0.717, 1.165) is 42.3 Å². The molecule has 0 bridgehead atoms. The Morgan fingerprint density at radius 3 is 2.36 bits per heavy atom. The molecule has 0 unspecified atom stereocenters. The highest BCUT2D eigenvalue weighted by Gasteiger charge is 2.21. The summed E-state index contributed by atoms with van der Waals surface area (Å²) in [7, 11) is 3.25. The summed E-state index contributed by atoms with van der Waals surface area (Å²) < 4.78 is 13.0. The van der Waals surface area contributed by atoms with E-state index in [4.69, 9.17) is 9.47 Å². The highest BCUT2D eigenvalue weighted by molar-refractivity contribution is 5.97. The Kier molecular flexibility index (Phi) is 7.35. The van der Waals surface area contributed by atoms with Gasteiger partial charge in [0.15, 0.2) is 11.5 Å². The molecule has 4 rings (SSSR count). The number of hydrogen-bond acceptors (Lipinski definition) is 4. The maximum absolute atomic E-state index is 13.2. The number of carbonyl (C=O) groups excluding carboxylic acids is 1. The molecule has 1 saturated heterocycles. The van der Waals surface area contributed by atoms with Crippen molar-refractivity contribution in [1.29, 1.82) is 0 Å². The third-order valence-electron chi connectivity index (χ3n) is 6.35. The SMILES string of the molecule is COc1ccc(-n2c(-c3ccccc3)cc(C(=O)NCCN3CCCCC3)c2C)cc1OC. The summed E-state index contributed by atoms with van der Waals surface area (Å²) in [5, 5.41) is 3.13. The average molecular weight is 448 g/mol. The van der Waals surface area contributed by atoms with E-state index in [2.05, 4.69) is 26.9 Å². The van der Waals surface area contributed by atoms with Crippen molar-refractivity contribution in [2.45, 2.75) is 26.2 Å². The van der Waals surface area contributed by atoms with Crippen molar-refractivity contribution in [2.24, 2.45) is 0 Å². The smallest absolute Gasteiger partial charge is 0.253 e. The molecule has 1 aromatic heterocycles. The quantitative estimate of drug-likeness (QED) is 0.545. The number of rotatable bonds is 8. The number of nitrogens with one attached hydrogen (secondary N) is 1. The Labute approximate surface area is 196 Å². The number of ether oxygens (including phenoxy) is 2. The van der Waals surface area contributed by atoms with Crippen LogP contribution in [-0.2, 0) is 0 Å². The lowest BCUT2D eigenvalue weighted by Crippen LogP contribution is -2.37. The van der Waals surface area contributed by atoms with Gasteiger partial charge in [-0.05, 0) is 56.6 Å². The first-order chi connectivity index (χ1) is 16.1. The predicted molar refractivity (Wildman–Crippen MR) is 132 cm³/mol. The van der Waals surface area contributed by atoms with Crippen molar-refractivity contribution in [2.75, 3.05) is 40.4 Å². The van der Waals surface area contributed by atoms with Crippen LogP contribution in [0.4, 0.5) is 0 Å². The zero-order valence-corrected chi connectivity index (χ0v) is 19.8. The molecule has 6 heteroatoms. The first kappa shape index (κ1) is 22.9. The van der Waals surface area contributed by atoms with E-state index in [1.807, 2.05) is 49.4 Å². The van der Waals surface area contributed by atoms with Gasteiger partial charge in [-0.2, -0.15) is 0 Å². The zero-order valence-electron chi connectivity index (χ0n) is 19.8. The molecule has 33 heavy (non-hydrogen) atoms. The fraction of sp³-hybridized carbons (Fsp3) is 0.370. The van der Waals surface area contributed by atoms with Crippen LogP contribution in [0.5, 0.6) is 11.5 Å². The van der Waals surface area contributed by atoms with Crippen molar-refractivity contribution in [3.63, 3.8) is 0 Å². The Bertz CT molecular complexity index is 1090. The van der Waals surface area contributed by atoms with E-state index < -0.39 is 0 Å². The molecule has 0 radical (unpaired) electrons. The molecule has 1 N–H and O–H groups in total. The van der Waals surface area contributed by atoms with Crippen molar-refractivity contribution >= 4 is 5.91 Å². The Hall–Kier alpha value is -3.25. The summed E-state index contributed by atoms with van der Waals surface area (Å²) in [4.78, 5) is 15.6. The lowest BCUT2D eigenvalue weighted by atomic mass is 10.1. The molecule has 6 nitrogen and oxygen atoms in total. The standard InChI is InChI=1S/C27H33N3O3/c1-20-23(27(31)28-14-17-29-15-8-5-9-16-29)19-24(21-10-6-4-7-11-21)30(20)22-12-13-25(32-2)26(18-22)33-3/h4,6-7,10-13,18-19H,5,8-9,14-17H2,1-3H3,(H,28,31). The number of likely N-dealkylation sites (tertiary alicyclic amines) is 1. The molecule has 2 heterocycles. The first-order valence-electron chi connectivity index (χ1n) is 11.6. The molecule has 3 aromatic rings. The van der Waals surface area contributed by atoms with Gasteiger partial charge in [0.05, 0.1) is 25.5 Å². The molecular formula is C27H33N3O3. The Morgan fingerprint density at radius 2 is 1.67 bits per heavy atom. The van der Waals surface area contributed by atoms with Crippen LogP contribution < -0.4 is 14.8 Å². The number of nitrogens with zero attached hydrogens (tertiary/aromatic N) is 2. The summed E-state index contributed by atoms with van der Waals surface area (Å²) in [6, 6.07) is 17.9. The third kappa shape index (κ3) is 5.06. The van der Waals surface area contributed by atoms with Crippen LogP contribution in [0.2, 0.25) is 0 Å². The van der Waals surface area contributed by atoms with E-state index in [9.17, 15) is 4.79 Å². The van der Waals surface area contributed by atoms with Gasteiger partial charge in [-0.1, -0.05) is 36.8 Å². The lowest BCUT2D eigenvalue weighted by molar-refractivity contribution is 0.0946. The van der Waals surface area contributed by atoms with Crippen molar-refractivity contribution in [3.05, 3.63) is 65.9 Å². The van der Waals surface area contributed by atoms with Gasteiger partial charge in [0.1, 0.15) is 0 Å². The molecule has 1 aliphatic rings. The van der Waals surface area contributed by atoms with Gasteiger partial charge in [-0.3, -0.25) is 4.79 Å². The number of carbonyl (C=O) groups is 1. The number of hydrogen-bond donors (Lipinski definition) is 1. The summed E-state index contributed by atoms with van der Waals surface area (Å²) in [6.07, 6.45) is 3.82. The second-order valence-electron chi connectivity index (χ2n) is 8.43. The maximum atomic E-state index is 13.2. The van der Waals surface area contributed by atoms with Gasteiger partial charge in [0, 0.05) is 30.5 Å². The van der Waals surface area contributed by atoms with Crippen LogP contribution >= 0.6 is 0 Å². The van der Waals surface area contributed by atoms with E-state index >= 15 is 0 Å². The number of amides is 1. The Morgan fingerprint density at radius 1 is 0.939 bits per heavy atom. The molecule has 0 aliphatic carbocycles. The molecule has 2 aromatic carbocycles. The van der Waals surface area contributed by atoms with Crippen molar-refractivity contribution in [1.82, 2.24) is 14.8 Å². The highest BCUT2D eigenvalue weighted by atomic mass is 16.5. The number of benzene rings is 2. The van der Waals surface area contributed by atoms with Crippen LogP contribution in [0.25, 0.3) is 16.9 Å². The number of aromatic nitrogens is 1. The molecule has 0 spiro atoms. The van der Waals surface area contributed by atoms with E-state index in [0.29, 0.717) is 23.6 Å². The van der Waals surface area contributed by atoms with Gasteiger partial charge < -0.3 is 24.3 Å². The van der Waals surface area contributed by atoms with E-state index in [1.165, 1.54) is 19.3 Å². The zero-order chi connectivity index (χ0) is 23.2. The normalized spacial score (nSPS) is 14.2. The number of methoxy groups -OCH3 is 2. The largest absolute Gasteiger partial charge is 0.493 e. The fourth-order valence-electron chi connectivity index (χ4n) is 4.56. The van der Waals surface area contributed by atoms with Crippen molar-refractivity contribution in [3.8, 4) is 28.4 Å². The van der Waals surface area contributed by atoms with Gasteiger partial charge in [-0.15, -0.1) is 0 Å². The monoisotopic (exact) mass is 447 g/mol. The fourth-order valence-corrected chi connectivity index (χ4v) is 4.56. The van der Waals surface area contributed by atoms with Crippen LogP contribution in [0.3, 0.4) is 0 Å². The van der Waals surface area contributed by atoms with E-state index in [-0.39, 0.29) is 5.91 Å². The lowest BCUT2D eigenvalue weighted by Gasteiger charge is -2.26. The van der Waals surface area contributed by atoms with Gasteiger partial charge in [-0.25, -0.2) is 0 Å². The van der Waals surface area contributed by atoms with Crippen LogP contribution in [0.15, 0.2) is 54.6 Å². The van der Waals surface area contributed by atoms with E-state index in [1.54, 1.807) is 14.2 Å². The van der Waals surface area contributed by atoms with Gasteiger partial charge in [0.2, 0.25) is 0 Å². The summed E-state index contributed by atoms with van der Waals surface area (Å²) in [6.45, 7) is 5.79.